The van der Waals surface area contributed by atoms with E-state index in [9.17, 15) is 13.5 Å². The van der Waals surface area contributed by atoms with Crippen LogP contribution in [0.15, 0.2) is 17.0 Å². The first-order chi connectivity index (χ1) is 8.79. The summed E-state index contributed by atoms with van der Waals surface area (Å²) in [7, 11) is -3.82. The fourth-order valence-corrected chi connectivity index (χ4v) is 3.31. The lowest BCUT2D eigenvalue weighted by atomic mass is 10.2. The van der Waals surface area contributed by atoms with Gasteiger partial charge in [0.15, 0.2) is 0 Å². The summed E-state index contributed by atoms with van der Waals surface area (Å²) in [4.78, 5) is -0.153. The van der Waals surface area contributed by atoms with E-state index in [1.54, 1.807) is 0 Å². The Labute approximate surface area is 122 Å². The lowest BCUT2D eigenvalue weighted by molar-refractivity contribution is 0.167. The molecule has 0 aromatic heterocycles. The van der Waals surface area contributed by atoms with Crippen LogP contribution in [-0.2, 0) is 10.0 Å². The smallest absolute Gasteiger partial charge is 0.242 e. The van der Waals surface area contributed by atoms with Crippen LogP contribution < -0.4 is 10.5 Å². The Morgan fingerprint density at radius 3 is 2.63 bits per heavy atom. The Morgan fingerprint density at radius 1 is 1.42 bits per heavy atom. The molecule has 19 heavy (non-hydrogen) atoms. The highest BCUT2D eigenvalue weighted by Gasteiger charge is 2.21. The van der Waals surface area contributed by atoms with Gasteiger partial charge >= 0.3 is 0 Å². The van der Waals surface area contributed by atoms with Crippen molar-refractivity contribution in [3.05, 3.63) is 22.2 Å². The average molecular weight is 327 g/mol. The first kappa shape index (κ1) is 16.5. The zero-order valence-corrected chi connectivity index (χ0v) is 12.7. The summed E-state index contributed by atoms with van der Waals surface area (Å²) in [6, 6.07) is 2.63. The molecule has 0 heterocycles. The molecule has 1 aromatic rings. The molecule has 1 rings (SSSR count). The Bertz CT molecular complexity index is 549. The second-order valence-electron chi connectivity index (χ2n) is 4.07. The van der Waals surface area contributed by atoms with Gasteiger partial charge < -0.3 is 10.8 Å². The van der Waals surface area contributed by atoms with Crippen LogP contribution in [0.3, 0.4) is 0 Å². The zero-order valence-electron chi connectivity index (χ0n) is 10.4. The zero-order chi connectivity index (χ0) is 14.6. The summed E-state index contributed by atoms with van der Waals surface area (Å²) < 4.78 is 26.3. The monoisotopic (exact) mass is 326 g/mol. The number of nitrogens with one attached hydrogen (secondary N) is 1. The second kappa shape index (κ2) is 6.76. The number of nitrogen functional groups attached to an aromatic ring is 1. The molecule has 4 N–H and O–H groups in total. The van der Waals surface area contributed by atoms with Crippen molar-refractivity contribution in [2.24, 2.45) is 0 Å². The van der Waals surface area contributed by atoms with Crippen molar-refractivity contribution in [2.45, 2.75) is 30.8 Å². The summed E-state index contributed by atoms with van der Waals surface area (Å²) >= 11 is 11.6. The second-order valence-corrected chi connectivity index (χ2v) is 6.59. The van der Waals surface area contributed by atoms with E-state index in [1.807, 2.05) is 6.92 Å². The highest BCUT2D eigenvalue weighted by molar-refractivity contribution is 7.89. The van der Waals surface area contributed by atoms with Crippen LogP contribution in [0.5, 0.6) is 0 Å². The number of sulfonamides is 1. The molecule has 0 saturated heterocycles. The van der Waals surface area contributed by atoms with Gasteiger partial charge in [0.05, 0.1) is 21.8 Å². The average Bonchev–Trinajstić information content (AvgIpc) is 2.34. The van der Waals surface area contributed by atoms with Crippen molar-refractivity contribution in [2.75, 3.05) is 12.3 Å². The van der Waals surface area contributed by atoms with Gasteiger partial charge in [0.2, 0.25) is 10.0 Å². The van der Waals surface area contributed by atoms with E-state index in [0.29, 0.717) is 6.42 Å². The van der Waals surface area contributed by atoms with Gasteiger partial charge in [-0.3, -0.25) is 0 Å². The molecule has 0 saturated carbocycles. The quantitative estimate of drug-likeness (QED) is 0.697. The van der Waals surface area contributed by atoms with Gasteiger partial charge in [-0.1, -0.05) is 36.5 Å². The number of hydrogen-bond donors (Lipinski definition) is 3. The third-order valence-corrected chi connectivity index (χ3v) is 4.83. The summed E-state index contributed by atoms with van der Waals surface area (Å²) in [6.45, 7) is 1.82. The lowest BCUT2D eigenvalue weighted by Crippen LogP contribution is -2.32. The Kier molecular flexibility index (Phi) is 5.88. The first-order valence-corrected chi connectivity index (χ1v) is 7.94. The van der Waals surface area contributed by atoms with Gasteiger partial charge in [-0.05, 0) is 18.6 Å². The highest BCUT2D eigenvalue weighted by atomic mass is 35.5. The van der Waals surface area contributed by atoms with Crippen LogP contribution in [-0.4, -0.2) is 26.2 Å². The topological polar surface area (TPSA) is 92.4 Å². The van der Waals surface area contributed by atoms with Crippen molar-refractivity contribution in [1.82, 2.24) is 4.72 Å². The molecule has 1 aromatic carbocycles. The van der Waals surface area contributed by atoms with Crippen LogP contribution in [0.4, 0.5) is 5.69 Å². The predicted molar refractivity (Wildman–Crippen MR) is 77.0 cm³/mol. The molecule has 5 nitrogen and oxygen atoms in total. The number of anilines is 1. The minimum Gasteiger partial charge on any atom is -0.396 e. The number of aliphatic hydroxyl groups is 1. The highest BCUT2D eigenvalue weighted by Crippen LogP contribution is 2.32. The first-order valence-electron chi connectivity index (χ1n) is 5.70. The van der Waals surface area contributed by atoms with Crippen molar-refractivity contribution < 1.29 is 13.5 Å². The Morgan fingerprint density at radius 2 is 2.05 bits per heavy atom. The number of halogens is 2. The summed E-state index contributed by atoms with van der Waals surface area (Å²) in [5, 5.41) is 9.59. The van der Waals surface area contributed by atoms with E-state index < -0.39 is 16.1 Å². The van der Waals surface area contributed by atoms with Gasteiger partial charge in [-0.15, -0.1) is 0 Å². The van der Waals surface area contributed by atoms with Crippen LogP contribution in [0.1, 0.15) is 19.8 Å². The van der Waals surface area contributed by atoms with Crippen LogP contribution in [0, 0.1) is 0 Å². The summed E-state index contributed by atoms with van der Waals surface area (Å²) in [5.41, 5.74) is 5.59. The van der Waals surface area contributed by atoms with Gasteiger partial charge in [0.1, 0.15) is 4.90 Å². The number of benzene rings is 1. The Balaban J connectivity index is 2.92. The number of nitrogens with two attached hydrogens (primary N) is 1. The van der Waals surface area contributed by atoms with Crippen molar-refractivity contribution in [3.63, 3.8) is 0 Å². The molecule has 1 atom stereocenters. The summed E-state index contributed by atoms with van der Waals surface area (Å²) in [5.74, 6) is 0. The molecule has 108 valence electrons. The molecule has 0 fully saturated rings. The lowest BCUT2D eigenvalue weighted by Gasteiger charge is -2.13. The fourth-order valence-electron chi connectivity index (χ4n) is 1.48. The third kappa shape index (κ3) is 4.22. The van der Waals surface area contributed by atoms with Crippen molar-refractivity contribution >= 4 is 38.9 Å². The van der Waals surface area contributed by atoms with E-state index >= 15 is 0 Å². The predicted octanol–water partition coefficient (Wildman–Crippen LogP) is 2.01. The molecule has 0 bridgehead atoms. The minimum absolute atomic E-state index is 0.0142. The molecular formula is C11H16Cl2N2O3S. The molecule has 0 radical (unpaired) electrons. The van der Waals surface area contributed by atoms with Crippen LogP contribution in [0.25, 0.3) is 0 Å². The van der Waals surface area contributed by atoms with Crippen molar-refractivity contribution in [1.29, 1.82) is 0 Å². The van der Waals surface area contributed by atoms with Crippen molar-refractivity contribution in [3.8, 4) is 0 Å². The molecule has 0 amide bonds. The number of hydrogen-bond acceptors (Lipinski definition) is 4. The van der Waals surface area contributed by atoms with E-state index in [4.69, 9.17) is 28.9 Å². The number of aliphatic hydroxyl groups excluding tert-OH is 1. The van der Waals surface area contributed by atoms with Gasteiger partial charge in [0, 0.05) is 6.54 Å². The Hall–Kier alpha value is -0.530. The minimum atomic E-state index is -3.82. The largest absolute Gasteiger partial charge is 0.396 e. The summed E-state index contributed by atoms with van der Waals surface area (Å²) in [6.07, 6.45) is 0.541. The van der Waals surface area contributed by atoms with E-state index in [2.05, 4.69) is 4.72 Å². The molecular weight excluding hydrogens is 311 g/mol. The van der Waals surface area contributed by atoms with Crippen LogP contribution >= 0.6 is 23.2 Å². The van der Waals surface area contributed by atoms with E-state index in [-0.39, 0.29) is 27.2 Å². The number of rotatable bonds is 6. The van der Waals surface area contributed by atoms with Gasteiger partial charge in [-0.2, -0.15) is 0 Å². The maximum absolute atomic E-state index is 12.0. The molecule has 0 aliphatic heterocycles. The molecule has 0 aliphatic rings. The fraction of sp³-hybridized carbons (Fsp3) is 0.455. The van der Waals surface area contributed by atoms with Crippen LogP contribution in [0.2, 0.25) is 10.0 Å². The maximum Gasteiger partial charge on any atom is 0.242 e. The van der Waals surface area contributed by atoms with E-state index in [0.717, 1.165) is 6.42 Å². The molecule has 8 heteroatoms. The SMILES string of the molecule is CCCC(O)CNS(=O)(=O)c1ccc(Cl)c(N)c1Cl. The maximum atomic E-state index is 12.0. The van der Waals surface area contributed by atoms with Gasteiger partial charge in [-0.25, -0.2) is 13.1 Å². The molecule has 1 unspecified atom stereocenters. The van der Waals surface area contributed by atoms with E-state index in [1.165, 1.54) is 12.1 Å². The third-order valence-electron chi connectivity index (χ3n) is 2.51. The van der Waals surface area contributed by atoms with Gasteiger partial charge in [0.25, 0.3) is 0 Å². The molecule has 0 aliphatic carbocycles. The molecule has 0 spiro atoms. The standard InChI is InChI=1S/C11H16Cl2N2O3S/c1-2-3-7(16)6-15-19(17,18)9-5-4-8(12)11(14)10(9)13/h4-5,7,15-16H,2-3,6,14H2,1H3. The normalized spacial score (nSPS) is 13.5.